The standard InChI is InChI=1S/C19H23FN2O3/c20-15-7-3-2-6-14(15)18(24)22-16(17(23)21-13-8-9-13)12-25-19(22)10-4-1-5-11-19/h2-3,6-7,13,16H,1,4-5,8-12H2,(H,21,23). The van der Waals surface area contributed by atoms with Crippen LogP contribution in [0.4, 0.5) is 4.39 Å². The largest absolute Gasteiger partial charge is 0.353 e. The maximum atomic E-state index is 14.2. The molecule has 0 bridgehead atoms. The number of halogens is 1. The molecule has 25 heavy (non-hydrogen) atoms. The van der Waals surface area contributed by atoms with Crippen LogP contribution >= 0.6 is 0 Å². The molecule has 1 aromatic rings. The summed E-state index contributed by atoms with van der Waals surface area (Å²) in [6.07, 6.45) is 6.32. The van der Waals surface area contributed by atoms with Crippen LogP contribution in [0.3, 0.4) is 0 Å². The number of carbonyl (C=O) groups excluding carboxylic acids is 2. The van der Waals surface area contributed by atoms with Crippen molar-refractivity contribution in [2.24, 2.45) is 0 Å². The van der Waals surface area contributed by atoms with Gasteiger partial charge in [-0.15, -0.1) is 0 Å². The number of ether oxygens (including phenoxy) is 1. The zero-order valence-electron chi connectivity index (χ0n) is 14.2. The van der Waals surface area contributed by atoms with Gasteiger partial charge in [-0.1, -0.05) is 18.6 Å². The summed E-state index contributed by atoms with van der Waals surface area (Å²) < 4.78 is 20.2. The molecule has 3 aliphatic rings. The van der Waals surface area contributed by atoms with Crippen LogP contribution in [0.15, 0.2) is 24.3 Å². The molecule has 1 unspecified atom stereocenters. The number of nitrogens with zero attached hydrogens (tertiary/aromatic N) is 1. The van der Waals surface area contributed by atoms with E-state index in [4.69, 9.17) is 4.74 Å². The number of nitrogens with one attached hydrogen (secondary N) is 1. The molecule has 1 spiro atoms. The maximum absolute atomic E-state index is 14.2. The molecule has 6 heteroatoms. The fraction of sp³-hybridized carbons (Fsp3) is 0.579. The second-order valence-corrected chi connectivity index (χ2v) is 7.27. The predicted octanol–water partition coefficient (Wildman–Crippen LogP) is 2.61. The summed E-state index contributed by atoms with van der Waals surface area (Å²) in [5.41, 5.74) is -0.773. The van der Waals surface area contributed by atoms with E-state index < -0.39 is 23.5 Å². The number of hydrogen-bond acceptors (Lipinski definition) is 3. The lowest BCUT2D eigenvalue weighted by Gasteiger charge is -2.41. The normalized spacial score (nSPS) is 25.2. The minimum atomic E-state index is -0.775. The van der Waals surface area contributed by atoms with E-state index in [1.165, 1.54) is 17.0 Å². The number of benzene rings is 1. The minimum absolute atomic E-state index is 0.00201. The third-order valence-electron chi connectivity index (χ3n) is 5.44. The van der Waals surface area contributed by atoms with Crippen molar-refractivity contribution in [3.8, 4) is 0 Å². The van der Waals surface area contributed by atoms with Crippen molar-refractivity contribution in [3.05, 3.63) is 35.6 Å². The molecule has 5 nitrogen and oxygen atoms in total. The summed E-state index contributed by atoms with van der Waals surface area (Å²) in [6, 6.07) is 5.46. The van der Waals surface area contributed by atoms with E-state index in [1.54, 1.807) is 12.1 Å². The Balaban J connectivity index is 1.66. The SMILES string of the molecule is O=C(NC1CC1)C1COC2(CCCCC2)N1C(=O)c1ccccc1F. The van der Waals surface area contributed by atoms with Gasteiger partial charge < -0.3 is 10.1 Å². The quantitative estimate of drug-likeness (QED) is 0.915. The van der Waals surface area contributed by atoms with Crippen molar-refractivity contribution < 1.29 is 18.7 Å². The lowest BCUT2D eigenvalue weighted by atomic mass is 9.89. The van der Waals surface area contributed by atoms with E-state index in [1.807, 2.05) is 0 Å². The van der Waals surface area contributed by atoms with Gasteiger partial charge in [0.25, 0.3) is 5.91 Å². The van der Waals surface area contributed by atoms with E-state index in [0.29, 0.717) is 12.8 Å². The van der Waals surface area contributed by atoms with Crippen molar-refractivity contribution in [2.75, 3.05) is 6.61 Å². The molecule has 2 aliphatic carbocycles. The van der Waals surface area contributed by atoms with E-state index in [2.05, 4.69) is 5.32 Å². The highest BCUT2D eigenvalue weighted by molar-refractivity contribution is 5.98. The van der Waals surface area contributed by atoms with E-state index >= 15 is 0 Å². The van der Waals surface area contributed by atoms with Gasteiger partial charge in [-0.05, 0) is 50.7 Å². The van der Waals surface area contributed by atoms with Crippen LogP contribution in [0, 0.1) is 5.82 Å². The zero-order valence-corrected chi connectivity index (χ0v) is 14.2. The van der Waals surface area contributed by atoms with E-state index in [9.17, 15) is 14.0 Å². The first-order valence-corrected chi connectivity index (χ1v) is 9.13. The van der Waals surface area contributed by atoms with Crippen LogP contribution < -0.4 is 5.32 Å². The molecule has 1 heterocycles. The molecule has 134 valence electrons. The molecular formula is C19H23FN2O3. The lowest BCUT2D eigenvalue weighted by molar-refractivity contribution is -0.127. The van der Waals surface area contributed by atoms with Gasteiger partial charge >= 0.3 is 0 Å². The van der Waals surface area contributed by atoms with Crippen LogP contribution in [0.2, 0.25) is 0 Å². The van der Waals surface area contributed by atoms with Crippen molar-refractivity contribution in [1.29, 1.82) is 0 Å². The molecule has 1 atom stereocenters. The number of carbonyl (C=O) groups is 2. The monoisotopic (exact) mass is 346 g/mol. The molecule has 3 fully saturated rings. The second kappa shape index (κ2) is 6.41. The van der Waals surface area contributed by atoms with Gasteiger partial charge in [0.1, 0.15) is 17.6 Å². The third-order valence-corrected chi connectivity index (χ3v) is 5.44. The first-order chi connectivity index (χ1) is 12.1. The topological polar surface area (TPSA) is 58.6 Å². The average molecular weight is 346 g/mol. The van der Waals surface area contributed by atoms with Crippen LogP contribution in [-0.2, 0) is 9.53 Å². The Bertz CT molecular complexity index is 683. The first-order valence-electron chi connectivity index (χ1n) is 9.13. The first kappa shape index (κ1) is 16.5. The molecule has 1 N–H and O–H groups in total. The van der Waals surface area contributed by atoms with Crippen LogP contribution in [0.25, 0.3) is 0 Å². The average Bonchev–Trinajstić information content (AvgIpc) is 3.36. The van der Waals surface area contributed by atoms with Crippen LogP contribution in [-0.4, -0.2) is 41.1 Å². The molecule has 2 saturated carbocycles. The summed E-state index contributed by atoms with van der Waals surface area (Å²) in [4.78, 5) is 27.4. The highest BCUT2D eigenvalue weighted by atomic mass is 19.1. The highest BCUT2D eigenvalue weighted by Crippen LogP contribution is 2.41. The van der Waals surface area contributed by atoms with E-state index in [-0.39, 0.29) is 24.1 Å². The van der Waals surface area contributed by atoms with E-state index in [0.717, 1.165) is 32.1 Å². The summed E-state index contributed by atoms with van der Waals surface area (Å²) >= 11 is 0. The van der Waals surface area contributed by atoms with Gasteiger partial charge in [0, 0.05) is 6.04 Å². The summed E-state index contributed by atoms with van der Waals surface area (Å²) in [7, 11) is 0. The Labute approximate surface area is 146 Å². The predicted molar refractivity (Wildman–Crippen MR) is 89.3 cm³/mol. The van der Waals surface area contributed by atoms with Crippen molar-refractivity contribution in [3.63, 3.8) is 0 Å². The number of amides is 2. The smallest absolute Gasteiger partial charge is 0.259 e. The molecule has 1 aromatic carbocycles. The second-order valence-electron chi connectivity index (χ2n) is 7.27. The van der Waals surface area contributed by atoms with Crippen molar-refractivity contribution >= 4 is 11.8 Å². The summed E-state index contributed by atoms with van der Waals surface area (Å²) in [6.45, 7) is 0.179. The van der Waals surface area contributed by atoms with Gasteiger partial charge in [0.15, 0.2) is 0 Å². The third kappa shape index (κ3) is 3.03. The molecule has 1 saturated heterocycles. The minimum Gasteiger partial charge on any atom is -0.353 e. The van der Waals surface area contributed by atoms with Crippen LogP contribution in [0.5, 0.6) is 0 Å². The molecule has 1 aliphatic heterocycles. The highest BCUT2D eigenvalue weighted by Gasteiger charge is 2.53. The van der Waals surface area contributed by atoms with Gasteiger partial charge in [-0.2, -0.15) is 0 Å². The Morgan fingerprint density at radius 3 is 2.56 bits per heavy atom. The van der Waals surface area contributed by atoms with Gasteiger partial charge in [0.05, 0.1) is 12.2 Å². The van der Waals surface area contributed by atoms with Crippen molar-refractivity contribution in [1.82, 2.24) is 10.2 Å². The molecule has 0 radical (unpaired) electrons. The number of hydrogen-bond donors (Lipinski definition) is 1. The Morgan fingerprint density at radius 1 is 1.16 bits per heavy atom. The summed E-state index contributed by atoms with van der Waals surface area (Å²) in [5.74, 6) is -1.20. The van der Waals surface area contributed by atoms with Gasteiger partial charge in [-0.25, -0.2) is 4.39 Å². The molecule has 2 amide bonds. The summed E-state index contributed by atoms with van der Waals surface area (Å²) in [5, 5.41) is 2.96. The van der Waals surface area contributed by atoms with Gasteiger partial charge in [0.2, 0.25) is 5.91 Å². The molecular weight excluding hydrogens is 323 g/mol. The number of rotatable bonds is 3. The maximum Gasteiger partial charge on any atom is 0.259 e. The van der Waals surface area contributed by atoms with Crippen LogP contribution in [0.1, 0.15) is 55.3 Å². The zero-order chi connectivity index (χ0) is 17.4. The molecule has 4 rings (SSSR count). The Kier molecular flexibility index (Phi) is 4.23. The fourth-order valence-corrected chi connectivity index (χ4v) is 3.96. The Hall–Kier alpha value is -1.95. The van der Waals surface area contributed by atoms with Crippen molar-refractivity contribution in [2.45, 2.75) is 62.8 Å². The molecule has 0 aromatic heterocycles. The fourth-order valence-electron chi connectivity index (χ4n) is 3.96. The Morgan fingerprint density at radius 2 is 1.88 bits per heavy atom. The lowest BCUT2D eigenvalue weighted by Crippen LogP contribution is -2.56. The van der Waals surface area contributed by atoms with Gasteiger partial charge in [-0.3, -0.25) is 14.5 Å².